The summed E-state index contributed by atoms with van der Waals surface area (Å²) in [6, 6.07) is 4.20. The fraction of sp³-hybridized carbons (Fsp3) is 0.545. The highest BCUT2D eigenvalue weighted by atomic mass is 16.6. The van der Waals surface area contributed by atoms with Gasteiger partial charge in [0.1, 0.15) is 6.61 Å². The zero-order valence-electron chi connectivity index (χ0n) is 19.5. The Kier molecular flexibility index (Phi) is 11.4. The van der Waals surface area contributed by atoms with Crippen LogP contribution in [0.5, 0.6) is 0 Å². The van der Waals surface area contributed by atoms with Crippen molar-refractivity contribution >= 4 is 29.4 Å². The van der Waals surface area contributed by atoms with Crippen LogP contribution in [-0.2, 0) is 30.6 Å². The fourth-order valence-corrected chi connectivity index (χ4v) is 2.79. The smallest absolute Gasteiger partial charge is 0.308 e. The number of carbonyl (C=O) groups is 4. The number of ether oxygens (including phenoxy) is 1. The lowest BCUT2D eigenvalue weighted by Crippen LogP contribution is -2.49. The lowest BCUT2D eigenvalue weighted by atomic mass is 10.0. The van der Waals surface area contributed by atoms with Crippen molar-refractivity contribution in [2.75, 3.05) is 25.5 Å². The van der Waals surface area contributed by atoms with E-state index < -0.39 is 23.8 Å². The van der Waals surface area contributed by atoms with Gasteiger partial charge in [-0.25, -0.2) is 5.48 Å². The topological polar surface area (TPSA) is 135 Å². The number of esters is 1. The minimum atomic E-state index is -0.557. The Hall–Kier alpha value is -2.98. The van der Waals surface area contributed by atoms with Crippen molar-refractivity contribution < 1.29 is 28.8 Å². The van der Waals surface area contributed by atoms with Crippen molar-refractivity contribution in [1.82, 2.24) is 16.1 Å². The minimum Gasteiger partial charge on any atom is -0.461 e. The maximum atomic E-state index is 12.3. The van der Waals surface area contributed by atoms with Gasteiger partial charge in [0.15, 0.2) is 0 Å². The molecule has 0 saturated heterocycles. The quantitative estimate of drug-likeness (QED) is 0.279. The fourth-order valence-electron chi connectivity index (χ4n) is 2.79. The second kappa shape index (κ2) is 13.4. The molecule has 0 aliphatic heterocycles. The lowest BCUT2D eigenvalue weighted by Gasteiger charge is -2.20. The van der Waals surface area contributed by atoms with Crippen LogP contribution >= 0.6 is 0 Å². The van der Waals surface area contributed by atoms with Crippen molar-refractivity contribution in [3.63, 3.8) is 0 Å². The van der Waals surface area contributed by atoms with E-state index in [-0.39, 0.29) is 36.5 Å². The Labute approximate surface area is 188 Å². The molecule has 0 heterocycles. The molecule has 10 heteroatoms. The molecule has 3 amide bonds. The molecule has 0 saturated carbocycles. The zero-order valence-corrected chi connectivity index (χ0v) is 19.5. The van der Waals surface area contributed by atoms with Gasteiger partial charge in [-0.2, -0.15) is 0 Å². The minimum absolute atomic E-state index is 0.0669. The first-order chi connectivity index (χ1) is 15.1. The number of hydrogen-bond acceptors (Lipinski definition) is 7. The molecule has 1 rings (SSSR count). The van der Waals surface area contributed by atoms with Crippen molar-refractivity contribution in [1.29, 1.82) is 0 Å². The monoisotopic (exact) mass is 450 g/mol. The predicted octanol–water partition coefficient (Wildman–Crippen LogP) is 1.37. The summed E-state index contributed by atoms with van der Waals surface area (Å²) >= 11 is 0. The maximum Gasteiger partial charge on any atom is 0.308 e. The molecule has 0 fully saturated rings. The first kappa shape index (κ1) is 27.1. The Morgan fingerprint density at radius 1 is 1.06 bits per heavy atom. The summed E-state index contributed by atoms with van der Waals surface area (Å²) in [5.74, 6) is -1.90. The second-order valence-corrected chi connectivity index (χ2v) is 7.81. The summed E-state index contributed by atoms with van der Waals surface area (Å²) in [5, 5.41) is 8.34. The van der Waals surface area contributed by atoms with Crippen molar-refractivity contribution in [2.45, 2.75) is 47.3 Å². The molecule has 10 nitrogen and oxygen atoms in total. The van der Waals surface area contributed by atoms with Crippen LogP contribution in [0.3, 0.4) is 0 Å². The third kappa shape index (κ3) is 8.64. The highest BCUT2D eigenvalue weighted by Gasteiger charge is 2.21. The molecule has 0 spiro atoms. The van der Waals surface area contributed by atoms with E-state index in [2.05, 4.69) is 26.3 Å². The summed E-state index contributed by atoms with van der Waals surface area (Å²) in [6.07, 6.45) is 0. The van der Waals surface area contributed by atoms with Crippen LogP contribution in [-0.4, -0.2) is 49.9 Å². The highest BCUT2D eigenvalue weighted by Crippen LogP contribution is 2.18. The molecule has 0 bridgehead atoms. The van der Waals surface area contributed by atoms with E-state index in [1.54, 1.807) is 26.0 Å². The number of benzene rings is 1. The first-order valence-electron chi connectivity index (χ1n) is 10.5. The molecule has 32 heavy (non-hydrogen) atoms. The zero-order chi connectivity index (χ0) is 24.3. The number of rotatable bonds is 12. The summed E-state index contributed by atoms with van der Waals surface area (Å²) in [4.78, 5) is 53.4. The summed E-state index contributed by atoms with van der Waals surface area (Å²) < 4.78 is 5.21. The maximum absolute atomic E-state index is 12.3. The van der Waals surface area contributed by atoms with E-state index in [1.807, 2.05) is 20.8 Å². The van der Waals surface area contributed by atoms with Gasteiger partial charge in [0.2, 0.25) is 11.8 Å². The average molecular weight is 451 g/mol. The molecule has 1 aromatic carbocycles. The van der Waals surface area contributed by atoms with Gasteiger partial charge in [0, 0.05) is 11.3 Å². The molecule has 1 unspecified atom stereocenters. The predicted molar refractivity (Wildman–Crippen MR) is 119 cm³/mol. The molecule has 178 valence electrons. The number of anilines is 1. The third-order valence-electron chi connectivity index (χ3n) is 4.47. The Bertz CT molecular complexity index is 810. The van der Waals surface area contributed by atoms with Crippen LogP contribution in [0.15, 0.2) is 18.2 Å². The molecular weight excluding hydrogens is 416 g/mol. The largest absolute Gasteiger partial charge is 0.461 e. The van der Waals surface area contributed by atoms with E-state index in [0.29, 0.717) is 17.8 Å². The highest BCUT2D eigenvalue weighted by molar-refractivity contribution is 5.99. The van der Waals surface area contributed by atoms with Gasteiger partial charge < -0.3 is 20.7 Å². The van der Waals surface area contributed by atoms with Crippen LogP contribution < -0.4 is 21.4 Å². The van der Waals surface area contributed by atoms with Crippen molar-refractivity contribution in [2.24, 2.45) is 11.8 Å². The van der Waals surface area contributed by atoms with E-state index in [1.165, 1.54) is 13.2 Å². The van der Waals surface area contributed by atoms with Crippen LogP contribution in [0.25, 0.3) is 0 Å². The molecule has 0 radical (unpaired) electrons. The van der Waals surface area contributed by atoms with Crippen LogP contribution in [0, 0.1) is 11.8 Å². The number of likely N-dealkylation sites (N-methyl/N-ethyl adjacent to an activating group) is 1. The van der Waals surface area contributed by atoms with Gasteiger partial charge in [-0.05, 0) is 24.6 Å². The number of hydrogen-bond donors (Lipinski definition) is 4. The normalized spacial score (nSPS) is 11.8. The number of hydroxylamine groups is 1. The van der Waals surface area contributed by atoms with Crippen LogP contribution in [0.4, 0.5) is 5.69 Å². The van der Waals surface area contributed by atoms with Crippen LogP contribution in [0.1, 0.15) is 50.5 Å². The third-order valence-corrected chi connectivity index (χ3v) is 4.47. The second-order valence-electron chi connectivity index (χ2n) is 7.81. The lowest BCUT2D eigenvalue weighted by molar-refractivity contribution is -0.148. The van der Waals surface area contributed by atoms with Crippen LogP contribution in [0.2, 0.25) is 0 Å². The van der Waals surface area contributed by atoms with E-state index >= 15 is 0 Å². The molecular formula is C22H34N4O6. The molecule has 1 aromatic rings. The molecule has 0 aliphatic rings. The standard InChI is InChI=1S/C22H34N4O6/c1-7-23-19(13(2)3)21(29)24-11-18(27)25-16-9-8-15(12-32-22(30)14(4)5)17(10-16)20(28)26-31-6/h8-10,13-14,19,23H,7,11-12H2,1-6H3,(H,24,29)(H,25,27)(H,26,28). The molecule has 0 aliphatic carbocycles. The SMILES string of the molecule is CCNC(C(=O)NCC(=O)Nc1ccc(COC(=O)C(C)C)c(C(=O)NOC)c1)C(C)C. The summed E-state index contributed by atoms with van der Waals surface area (Å²) in [6.45, 7) is 9.46. The van der Waals surface area contributed by atoms with E-state index in [4.69, 9.17) is 4.74 Å². The van der Waals surface area contributed by atoms with Gasteiger partial charge in [-0.3, -0.25) is 24.0 Å². The van der Waals surface area contributed by atoms with E-state index in [9.17, 15) is 19.2 Å². The summed E-state index contributed by atoms with van der Waals surface area (Å²) in [5.41, 5.74) is 3.18. The van der Waals surface area contributed by atoms with Gasteiger partial charge in [-0.15, -0.1) is 0 Å². The number of nitrogens with one attached hydrogen (secondary N) is 4. The molecule has 4 N–H and O–H groups in total. The van der Waals surface area contributed by atoms with Crippen molar-refractivity contribution in [3.05, 3.63) is 29.3 Å². The van der Waals surface area contributed by atoms with Gasteiger partial charge in [0.25, 0.3) is 5.91 Å². The van der Waals surface area contributed by atoms with Crippen molar-refractivity contribution in [3.8, 4) is 0 Å². The van der Waals surface area contributed by atoms with Gasteiger partial charge in [-0.1, -0.05) is 40.7 Å². The van der Waals surface area contributed by atoms with Gasteiger partial charge in [0.05, 0.1) is 31.2 Å². The van der Waals surface area contributed by atoms with Gasteiger partial charge >= 0.3 is 5.97 Å². The van der Waals surface area contributed by atoms with E-state index in [0.717, 1.165) is 0 Å². The Balaban J connectivity index is 2.86. The number of amides is 3. The molecule has 1 atom stereocenters. The summed E-state index contributed by atoms with van der Waals surface area (Å²) in [7, 11) is 1.29. The average Bonchev–Trinajstić information content (AvgIpc) is 2.74. The molecule has 0 aromatic heterocycles. The Morgan fingerprint density at radius 2 is 1.75 bits per heavy atom. The Morgan fingerprint density at radius 3 is 2.31 bits per heavy atom. The number of carbonyl (C=O) groups excluding carboxylic acids is 4. The first-order valence-corrected chi connectivity index (χ1v) is 10.5.